The maximum Gasteiger partial charge on any atom is 0.261 e. The Morgan fingerprint density at radius 1 is 1.18 bits per heavy atom. The van der Waals surface area contributed by atoms with Crippen LogP contribution in [-0.2, 0) is 14.8 Å². The summed E-state index contributed by atoms with van der Waals surface area (Å²) in [5, 5.41) is 10.1. The van der Waals surface area contributed by atoms with E-state index in [1.165, 1.54) is 0 Å². The molecule has 0 heterocycles. The van der Waals surface area contributed by atoms with E-state index in [2.05, 4.69) is 4.72 Å². The molecule has 0 unspecified atom stereocenters. The third-order valence-corrected chi connectivity index (χ3v) is 4.54. The number of Topliss-reactive ketones (excluding diaryl/α,β-unsaturated/α-hetero) is 1. The van der Waals surface area contributed by atoms with Gasteiger partial charge in [-0.2, -0.15) is 0 Å². The molecule has 8 heteroatoms. The van der Waals surface area contributed by atoms with Gasteiger partial charge in [-0.05, 0) is 31.9 Å². The fraction of sp³-hybridized carbons (Fsp3) is 0.500. The van der Waals surface area contributed by atoms with Crippen molar-refractivity contribution < 1.29 is 18.1 Å². The predicted molar refractivity (Wildman–Crippen MR) is 81.7 cm³/mol. The van der Waals surface area contributed by atoms with Crippen molar-refractivity contribution in [3.63, 3.8) is 0 Å². The molecule has 1 aromatic carbocycles. The van der Waals surface area contributed by atoms with Gasteiger partial charge in [-0.1, -0.05) is 24.1 Å². The summed E-state index contributed by atoms with van der Waals surface area (Å²) in [5.74, 6) is -0.398. The van der Waals surface area contributed by atoms with Crippen LogP contribution in [0.5, 0.6) is 0 Å². The Kier molecular flexibility index (Phi) is 7.13. The number of sulfonamides is 1. The highest BCUT2D eigenvalue weighted by Crippen LogP contribution is 2.10. The number of ketones is 1. The highest BCUT2D eigenvalue weighted by molar-refractivity contribution is 7.89. The van der Waals surface area contributed by atoms with Crippen LogP contribution in [0.3, 0.4) is 0 Å². The lowest BCUT2D eigenvalue weighted by Gasteiger charge is -2.06. The Bertz CT molecular complexity index is 611. The number of aryl methyl sites for hydroxylation is 1. The first-order chi connectivity index (χ1) is 10.3. The van der Waals surface area contributed by atoms with E-state index in [0.717, 1.165) is 5.56 Å². The molecule has 0 aromatic heterocycles. The second-order valence-corrected chi connectivity index (χ2v) is 6.82. The van der Waals surface area contributed by atoms with Gasteiger partial charge in [0, 0.05) is 17.9 Å². The Balaban J connectivity index is 2.25. The molecule has 0 atom stereocenters. The van der Waals surface area contributed by atoms with E-state index in [0.29, 0.717) is 19.3 Å². The zero-order valence-electron chi connectivity index (χ0n) is 12.4. The average Bonchev–Trinajstić information content (AvgIpc) is 2.42. The molecule has 0 aliphatic heterocycles. The van der Waals surface area contributed by atoms with Gasteiger partial charge in [0.25, 0.3) is 6.54 Å². The first-order valence-electron chi connectivity index (χ1n) is 7.01. The van der Waals surface area contributed by atoms with Crippen LogP contribution in [0, 0.1) is 17.0 Å². The number of hydrogen-bond donors (Lipinski definition) is 1. The van der Waals surface area contributed by atoms with Crippen molar-refractivity contribution in [2.45, 2.75) is 37.5 Å². The molecule has 22 heavy (non-hydrogen) atoms. The first kappa shape index (κ1) is 18.2. The first-order valence-corrected chi connectivity index (χ1v) is 8.49. The molecular formula is C14H20N2O5S. The van der Waals surface area contributed by atoms with Crippen LogP contribution in [0.25, 0.3) is 0 Å². The topological polar surface area (TPSA) is 106 Å². The molecule has 0 spiro atoms. The Hall–Kier alpha value is -1.80. The summed E-state index contributed by atoms with van der Waals surface area (Å²) in [6.07, 6.45) is 1.90. The molecule has 0 saturated carbocycles. The molecule has 0 fully saturated rings. The molecule has 122 valence electrons. The molecule has 1 rings (SSSR count). The zero-order valence-corrected chi connectivity index (χ0v) is 13.3. The minimum Gasteiger partial charge on any atom is -0.292 e. The number of nitro groups is 1. The average molecular weight is 328 g/mol. The van der Waals surface area contributed by atoms with Gasteiger partial charge in [0.15, 0.2) is 0 Å². The number of carbonyl (C=O) groups excluding carboxylic acids is 1. The number of nitrogens with one attached hydrogen (secondary N) is 1. The third kappa shape index (κ3) is 6.77. The number of hydrogen-bond acceptors (Lipinski definition) is 5. The lowest BCUT2D eigenvalue weighted by Crippen LogP contribution is -2.24. The van der Waals surface area contributed by atoms with E-state index in [9.17, 15) is 23.3 Å². The number of benzene rings is 1. The van der Waals surface area contributed by atoms with Gasteiger partial charge in [-0.3, -0.25) is 14.9 Å². The van der Waals surface area contributed by atoms with Crippen molar-refractivity contribution in [3.8, 4) is 0 Å². The molecule has 0 aliphatic rings. The largest absolute Gasteiger partial charge is 0.292 e. The summed E-state index contributed by atoms with van der Waals surface area (Å²) >= 11 is 0. The molecule has 0 bridgehead atoms. The number of nitrogens with zero attached hydrogens (tertiary/aromatic N) is 1. The number of unbranched alkanes of at least 4 members (excludes halogenated alkanes) is 2. The molecule has 0 amide bonds. The van der Waals surface area contributed by atoms with Crippen LogP contribution in [0.1, 0.15) is 31.2 Å². The van der Waals surface area contributed by atoms with E-state index >= 15 is 0 Å². The second kappa shape index (κ2) is 8.60. The fourth-order valence-corrected chi connectivity index (χ4v) is 2.93. The summed E-state index contributed by atoms with van der Waals surface area (Å²) in [6, 6.07) is 6.56. The summed E-state index contributed by atoms with van der Waals surface area (Å²) in [4.78, 5) is 20.8. The lowest BCUT2D eigenvalue weighted by molar-refractivity contribution is -0.467. The molecule has 1 N–H and O–H groups in total. The standard InChI is InChI=1S/C14H20N2O5S/c1-12-6-8-14(9-7-12)22(20,21)15-10-4-2-3-5-13(17)11-16(18)19/h6-9,15H,2-5,10-11H2,1H3. The molecule has 0 radical (unpaired) electrons. The third-order valence-electron chi connectivity index (χ3n) is 3.06. The van der Waals surface area contributed by atoms with Crippen LogP contribution >= 0.6 is 0 Å². The van der Waals surface area contributed by atoms with Gasteiger partial charge in [-0.15, -0.1) is 0 Å². The van der Waals surface area contributed by atoms with E-state index in [1.54, 1.807) is 24.3 Å². The van der Waals surface area contributed by atoms with Crippen LogP contribution in [0.4, 0.5) is 0 Å². The summed E-state index contributed by atoms with van der Waals surface area (Å²) in [6.45, 7) is 1.52. The van der Waals surface area contributed by atoms with E-state index in [4.69, 9.17) is 0 Å². The SMILES string of the molecule is Cc1ccc(S(=O)(=O)NCCCCCC(=O)C[N+](=O)[O-])cc1. The quantitative estimate of drug-likeness (QED) is 0.399. The Labute approximate surface area is 129 Å². The maximum atomic E-state index is 12.0. The smallest absolute Gasteiger partial charge is 0.261 e. The van der Waals surface area contributed by atoms with E-state index in [1.807, 2.05) is 6.92 Å². The lowest BCUT2D eigenvalue weighted by atomic mass is 10.1. The molecule has 0 aliphatic carbocycles. The monoisotopic (exact) mass is 328 g/mol. The van der Waals surface area contributed by atoms with Crippen LogP contribution in [0.2, 0.25) is 0 Å². The maximum absolute atomic E-state index is 12.0. The highest BCUT2D eigenvalue weighted by Gasteiger charge is 2.13. The van der Waals surface area contributed by atoms with Crippen LogP contribution in [0.15, 0.2) is 29.2 Å². The molecule has 0 saturated heterocycles. The Morgan fingerprint density at radius 2 is 1.82 bits per heavy atom. The number of carbonyl (C=O) groups is 1. The van der Waals surface area contributed by atoms with Gasteiger partial charge in [-0.25, -0.2) is 13.1 Å². The molecule has 7 nitrogen and oxygen atoms in total. The van der Waals surface area contributed by atoms with Crippen molar-refractivity contribution in [2.75, 3.05) is 13.1 Å². The minimum atomic E-state index is -3.50. The van der Waals surface area contributed by atoms with Gasteiger partial charge in [0.1, 0.15) is 0 Å². The summed E-state index contributed by atoms with van der Waals surface area (Å²) in [7, 11) is -3.50. The molecule has 1 aromatic rings. The summed E-state index contributed by atoms with van der Waals surface area (Å²) < 4.78 is 26.4. The van der Waals surface area contributed by atoms with Crippen molar-refractivity contribution >= 4 is 15.8 Å². The van der Waals surface area contributed by atoms with Crippen molar-refractivity contribution in [2.24, 2.45) is 0 Å². The predicted octanol–water partition coefficient (Wildman–Crippen LogP) is 1.68. The van der Waals surface area contributed by atoms with Gasteiger partial charge < -0.3 is 0 Å². The molecular weight excluding hydrogens is 308 g/mol. The fourth-order valence-electron chi connectivity index (χ4n) is 1.85. The Morgan fingerprint density at radius 3 is 2.41 bits per heavy atom. The van der Waals surface area contributed by atoms with Gasteiger partial charge in [0.2, 0.25) is 15.8 Å². The van der Waals surface area contributed by atoms with Gasteiger partial charge >= 0.3 is 0 Å². The summed E-state index contributed by atoms with van der Waals surface area (Å²) in [5.41, 5.74) is 0.985. The minimum absolute atomic E-state index is 0.158. The highest BCUT2D eigenvalue weighted by atomic mass is 32.2. The van der Waals surface area contributed by atoms with Crippen LogP contribution in [-0.4, -0.2) is 32.2 Å². The van der Waals surface area contributed by atoms with Gasteiger partial charge in [0.05, 0.1) is 4.90 Å². The van der Waals surface area contributed by atoms with E-state index < -0.39 is 27.3 Å². The van der Waals surface area contributed by atoms with Crippen molar-refractivity contribution in [1.82, 2.24) is 4.72 Å². The number of rotatable bonds is 10. The zero-order chi connectivity index (χ0) is 16.6. The van der Waals surface area contributed by atoms with E-state index in [-0.39, 0.29) is 17.9 Å². The van der Waals surface area contributed by atoms with Crippen molar-refractivity contribution in [3.05, 3.63) is 39.9 Å². The second-order valence-electron chi connectivity index (χ2n) is 5.05. The van der Waals surface area contributed by atoms with Crippen LogP contribution < -0.4 is 4.72 Å². The normalized spacial score (nSPS) is 11.3. The van der Waals surface area contributed by atoms with Crippen molar-refractivity contribution in [1.29, 1.82) is 0 Å².